The number of rotatable bonds is 6. The molecule has 2 heterocycles. The van der Waals surface area contributed by atoms with Gasteiger partial charge in [-0.3, -0.25) is 14.6 Å². The molecule has 1 fully saturated rings. The average molecular weight is 434 g/mol. The highest BCUT2D eigenvalue weighted by Gasteiger charge is 2.43. The minimum Gasteiger partial charge on any atom is -0.320 e. The van der Waals surface area contributed by atoms with E-state index in [0.29, 0.717) is 17.1 Å². The zero-order valence-corrected chi connectivity index (χ0v) is 17.8. The summed E-state index contributed by atoms with van der Waals surface area (Å²) >= 11 is 0. The van der Waals surface area contributed by atoms with E-state index >= 15 is 0 Å². The number of hydrogen-bond acceptors (Lipinski definition) is 4. The van der Waals surface area contributed by atoms with Crippen LogP contribution in [-0.4, -0.2) is 21.8 Å². The summed E-state index contributed by atoms with van der Waals surface area (Å²) in [5.74, 6) is 0.148. The van der Waals surface area contributed by atoms with Crippen molar-refractivity contribution < 1.29 is 9.59 Å². The van der Waals surface area contributed by atoms with Crippen LogP contribution in [0.4, 0.5) is 11.5 Å². The van der Waals surface area contributed by atoms with Crippen molar-refractivity contribution >= 4 is 23.3 Å². The third-order valence-electron chi connectivity index (χ3n) is 5.78. The normalized spacial score (nSPS) is 16.6. The van der Waals surface area contributed by atoms with Crippen LogP contribution in [0.5, 0.6) is 0 Å². The van der Waals surface area contributed by atoms with Gasteiger partial charge in [-0.15, -0.1) is 0 Å². The monoisotopic (exact) mass is 434 g/mol. The van der Waals surface area contributed by atoms with Crippen LogP contribution in [-0.2, 0) is 4.79 Å². The van der Waals surface area contributed by atoms with Crippen LogP contribution >= 0.6 is 0 Å². The first kappa shape index (κ1) is 20.6. The van der Waals surface area contributed by atoms with Gasteiger partial charge in [-0.2, -0.15) is 0 Å². The lowest BCUT2D eigenvalue weighted by molar-refractivity contribution is -0.117. The lowest BCUT2D eigenvalue weighted by atomic mass is 10.1. The van der Waals surface area contributed by atoms with Crippen molar-refractivity contribution in [1.29, 1.82) is 0 Å². The van der Waals surface area contributed by atoms with Gasteiger partial charge in [0.05, 0.1) is 11.9 Å². The number of benzene rings is 2. The van der Waals surface area contributed by atoms with Gasteiger partial charge in [0.1, 0.15) is 5.82 Å². The molecular formula is C27H22N4O2. The summed E-state index contributed by atoms with van der Waals surface area (Å²) in [6, 6.07) is 24.9. The van der Waals surface area contributed by atoms with Gasteiger partial charge in [-0.05, 0) is 41.7 Å². The van der Waals surface area contributed by atoms with Crippen LogP contribution in [0.1, 0.15) is 28.3 Å². The number of nitrogens with zero attached hydrogens (tertiary/aromatic N) is 2. The van der Waals surface area contributed by atoms with Gasteiger partial charge >= 0.3 is 0 Å². The Morgan fingerprint density at radius 1 is 0.848 bits per heavy atom. The summed E-state index contributed by atoms with van der Waals surface area (Å²) < 4.78 is 0. The van der Waals surface area contributed by atoms with E-state index in [2.05, 4.69) is 20.6 Å². The Bertz CT molecular complexity index is 1290. The Morgan fingerprint density at radius 2 is 1.61 bits per heavy atom. The zero-order chi connectivity index (χ0) is 22.6. The van der Waals surface area contributed by atoms with E-state index in [1.165, 1.54) is 11.8 Å². The van der Waals surface area contributed by atoms with Gasteiger partial charge in [0.25, 0.3) is 5.91 Å². The summed E-state index contributed by atoms with van der Waals surface area (Å²) in [5, 5.41) is 5.79. The number of carbonyl (C=O) groups excluding carboxylic acids is 2. The van der Waals surface area contributed by atoms with Gasteiger partial charge in [0, 0.05) is 29.4 Å². The summed E-state index contributed by atoms with van der Waals surface area (Å²) in [6.07, 6.45) is 5.66. The Hall–Kier alpha value is -4.32. The Morgan fingerprint density at radius 3 is 2.39 bits per heavy atom. The molecule has 2 atom stereocenters. The number of nitrogens with one attached hydrogen (secondary N) is 2. The highest BCUT2D eigenvalue weighted by Crippen LogP contribution is 2.47. The molecule has 1 aliphatic rings. The number of aromatic nitrogens is 2. The predicted octanol–water partition coefficient (Wildman–Crippen LogP) is 5.14. The number of carbonyl (C=O) groups is 2. The molecule has 2 amide bonds. The smallest absolute Gasteiger partial charge is 0.255 e. The van der Waals surface area contributed by atoms with Crippen molar-refractivity contribution in [2.75, 3.05) is 10.6 Å². The fourth-order valence-electron chi connectivity index (χ4n) is 3.97. The van der Waals surface area contributed by atoms with E-state index in [1.807, 2.05) is 66.7 Å². The molecule has 6 heteroatoms. The molecule has 5 rings (SSSR count). The fraction of sp³-hybridized carbons (Fsp3) is 0.111. The van der Waals surface area contributed by atoms with Gasteiger partial charge in [-0.1, -0.05) is 60.7 Å². The summed E-state index contributed by atoms with van der Waals surface area (Å²) in [5.41, 5.74) is 4.04. The molecule has 2 aromatic carbocycles. The lowest BCUT2D eigenvalue weighted by Gasteiger charge is -2.11. The minimum absolute atomic E-state index is 0.0736. The fourth-order valence-corrected chi connectivity index (χ4v) is 3.97. The second-order valence-electron chi connectivity index (χ2n) is 8.02. The van der Waals surface area contributed by atoms with Crippen LogP contribution in [0.25, 0.3) is 11.1 Å². The minimum atomic E-state index is -0.299. The van der Waals surface area contributed by atoms with Crippen LogP contribution in [0.2, 0.25) is 0 Å². The molecule has 2 N–H and O–H groups in total. The maximum absolute atomic E-state index is 12.9. The van der Waals surface area contributed by atoms with Crippen molar-refractivity contribution in [3.63, 3.8) is 0 Å². The van der Waals surface area contributed by atoms with Gasteiger partial charge in [0.15, 0.2) is 0 Å². The van der Waals surface area contributed by atoms with Crippen LogP contribution in [0, 0.1) is 5.92 Å². The molecule has 0 spiro atoms. The van der Waals surface area contributed by atoms with Crippen molar-refractivity contribution in [2.24, 2.45) is 5.92 Å². The third-order valence-corrected chi connectivity index (χ3v) is 5.78. The quantitative estimate of drug-likeness (QED) is 0.440. The Labute approximate surface area is 191 Å². The first-order valence-electron chi connectivity index (χ1n) is 10.8. The maximum atomic E-state index is 12.9. The molecule has 33 heavy (non-hydrogen) atoms. The molecule has 1 saturated carbocycles. The highest BCUT2D eigenvalue weighted by atomic mass is 16.2. The first-order chi connectivity index (χ1) is 16.2. The molecular weight excluding hydrogens is 412 g/mol. The number of hydrogen-bond donors (Lipinski definition) is 2. The van der Waals surface area contributed by atoms with E-state index in [9.17, 15) is 9.59 Å². The Kier molecular flexibility index (Phi) is 5.64. The number of amides is 2. The molecule has 0 radical (unpaired) electrons. The summed E-state index contributed by atoms with van der Waals surface area (Å²) in [4.78, 5) is 34.0. The van der Waals surface area contributed by atoms with Crippen LogP contribution in [0.15, 0.2) is 97.5 Å². The molecule has 6 nitrogen and oxygen atoms in total. The van der Waals surface area contributed by atoms with E-state index in [4.69, 9.17) is 0 Å². The van der Waals surface area contributed by atoms with Gasteiger partial charge in [0.2, 0.25) is 5.91 Å². The summed E-state index contributed by atoms with van der Waals surface area (Å²) in [6.45, 7) is 0. The van der Waals surface area contributed by atoms with E-state index in [-0.39, 0.29) is 23.7 Å². The molecule has 0 bridgehead atoms. The van der Waals surface area contributed by atoms with E-state index in [1.54, 1.807) is 24.5 Å². The van der Waals surface area contributed by atoms with Crippen LogP contribution < -0.4 is 10.6 Å². The first-order valence-corrected chi connectivity index (χ1v) is 10.8. The average Bonchev–Trinajstić information content (AvgIpc) is 3.67. The second kappa shape index (κ2) is 9.04. The van der Waals surface area contributed by atoms with E-state index in [0.717, 1.165) is 17.5 Å². The largest absolute Gasteiger partial charge is 0.320 e. The molecule has 2 aromatic heterocycles. The second-order valence-corrected chi connectivity index (χ2v) is 8.02. The zero-order valence-electron chi connectivity index (χ0n) is 17.8. The van der Waals surface area contributed by atoms with Gasteiger partial charge in [-0.25, -0.2) is 4.98 Å². The summed E-state index contributed by atoms with van der Waals surface area (Å²) in [7, 11) is 0. The number of pyridine rings is 2. The van der Waals surface area contributed by atoms with Crippen molar-refractivity contribution in [3.05, 3.63) is 109 Å². The predicted molar refractivity (Wildman–Crippen MR) is 128 cm³/mol. The molecule has 1 aliphatic carbocycles. The SMILES string of the molecule is O=C(Nc1cnccc1-c1ccccc1)c1ccnc(NC(=O)C2CC2c2ccccc2)c1. The molecule has 162 valence electrons. The van der Waals surface area contributed by atoms with E-state index < -0.39 is 0 Å². The van der Waals surface area contributed by atoms with Crippen molar-refractivity contribution in [2.45, 2.75) is 12.3 Å². The molecule has 2 unspecified atom stereocenters. The Balaban J connectivity index is 1.27. The highest BCUT2D eigenvalue weighted by molar-refractivity contribution is 6.07. The van der Waals surface area contributed by atoms with Crippen molar-refractivity contribution in [3.8, 4) is 11.1 Å². The van der Waals surface area contributed by atoms with Gasteiger partial charge < -0.3 is 10.6 Å². The standard InChI is InChI=1S/C27H22N4O2/c32-26(30-24-17-28-13-12-21(24)18-7-3-1-4-8-18)20-11-14-29-25(15-20)31-27(33)23-16-22(23)19-9-5-2-6-10-19/h1-15,17,22-23H,16H2,(H,30,32)(H,29,31,33). The number of anilines is 2. The topological polar surface area (TPSA) is 84.0 Å². The molecule has 0 aliphatic heterocycles. The van der Waals surface area contributed by atoms with Crippen LogP contribution in [0.3, 0.4) is 0 Å². The molecule has 4 aromatic rings. The van der Waals surface area contributed by atoms with Crippen molar-refractivity contribution in [1.82, 2.24) is 9.97 Å². The third kappa shape index (κ3) is 4.65. The molecule has 0 saturated heterocycles. The lowest BCUT2D eigenvalue weighted by Crippen LogP contribution is -2.17. The maximum Gasteiger partial charge on any atom is 0.255 e.